The van der Waals surface area contributed by atoms with Crippen LogP contribution in [0.25, 0.3) is 0 Å². The number of benzene rings is 2. The third kappa shape index (κ3) is 4.03. The molecule has 2 N–H and O–H groups in total. The minimum Gasteiger partial charge on any atom is -0.544 e. The first-order valence-corrected chi connectivity index (χ1v) is 8.31. The van der Waals surface area contributed by atoms with Crippen LogP contribution in [0, 0.1) is 5.82 Å². The second-order valence-corrected chi connectivity index (χ2v) is 6.53. The van der Waals surface area contributed by atoms with Crippen LogP contribution in [-0.2, 0) is 11.4 Å². The highest BCUT2D eigenvalue weighted by Gasteiger charge is 2.30. The van der Waals surface area contributed by atoms with Crippen LogP contribution >= 0.6 is 11.8 Å². The van der Waals surface area contributed by atoms with Crippen molar-refractivity contribution in [3.63, 3.8) is 0 Å². The lowest BCUT2D eigenvalue weighted by Crippen LogP contribution is -2.90. The van der Waals surface area contributed by atoms with E-state index in [1.807, 2.05) is 35.6 Å². The van der Waals surface area contributed by atoms with Gasteiger partial charge in [-0.25, -0.2) is 4.39 Å². The number of carbonyl (C=O) groups is 1. The van der Waals surface area contributed by atoms with Crippen LogP contribution in [0.1, 0.15) is 16.5 Å². The molecule has 0 unspecified atom stereocenters. The summed E-state index contributed by atoms with van der Waals surface area (Å²) < 4.78 is 18.7. The monoisotopic (exact) mass is 333 g/mol. The second-order valence-electron chi connectivity index (χ2n) is 5.36. The number of aliphatic carboxylic acids is 1. The van der Waals surface area contributed by atoms with Crippen molar-refractivity contribution in [2.24, 2.45) is 0 Å². The third-order valence-corrected chi connectivity index (χ3v) is 5.01. The van der Waals surface area contributed by atoms with E-state index in [9.17, 15) is 14.3 Å². The van der Waals surface area contributed by atoms with Crippen LogP contribution in [0.3, 0.4) is 0 Å². The van der Waals surface area contributed by atoms with Gasteiger partial charge in [0.1, 0.15) is 30.2 Å². The van der Waals surface area contributed by atoms with Crippen molar-refractivity contribution in [1.82, 2.24) is 0 Å². The largest absolute Gasteiger partial charge is 0.544 e. The molecule has 0 saturated carbocycles. The Morgan fingerprint density at radius 1 is 1.30 bits per heavy atom. The molecule has 1 aliphatic rings. The van der Waals surface area contributed by atoms with Gasteiger partial charge in [0.15, 0.2) is 5.37 Å². The molecule has 0 bridgehead atoms. The fraction of sp³-hybridized carbons (Fsp3) is 0.235. The number of nitrogens with two attached hydrogens (primary N) is 1. The maximum Gasteiger partial charge on any atom is 0.159 e. The molecule has 1 aliphatic heterocycles. The zero-order valence-electron chi connectivity index (χ0n) is 12.3. The molecule has 0 aromatic heterocycles. The molecule has 23 heavy (non-hydrogen) atoms. The molecule has 120 valence electrons. The van der Waals surface area contributed by atoms with Gasteiger partial charge in [0, 0.05) is 5.56 Å². The number of hydrogen-bond donors (Lipinski definition) is 1. The molecule has 0 aliphatic carbocycles. The second kappa shape index (κ2) is 7.02. The highest BCUT2D eigenvalue weighted by atomic mass is 32.2. The van der Waals surface area contributed by atoms with Gasteiger partial charge < -0.3 is 20.0 Å². The minimum absolute atomic E-state index is 0.0650. The number of ether oxygens (including phenoxy) is 1. The number of thioether (sulfide) groups is 1. The molecule has 1 fully saturated rings. The van der Waals surface area contributed by atoms with Crippen molar-refractivity contribution >= 4 is 17.7 Å². The van der Waals surface area contributed by atoms with E-state index in [4.69, 9.17) is 4.74 Å². The fourth-order valence-corrected chi connectivity index (χ4v) is 3.74. The average Bonchev–Trinajstić information content (AvgIpc) is 3.04. The summed E-state index contributed by atoms with van der Waals surface area (Å²) in [6.45, 7) is 0.300. The highest BCUT2D eigenvalue weighted by molar-refractivity contribution is 7.99. The van der Waals surface area contributed by atoms with Gasteiger partial charge in [-0.3, -0.25) is 0 Å². The summed E-state index contributed by atoms with van der Waals surface area (Å²) in [6.07, 6.45) is 0. The summed E-state index contributed by atoms with van der Waals surface area (Å²) in [7, 11) is 0. The Labute approximate surface area is 137 Å². The average molecular weight is 333 g/mol. The molecular weight excluding hydrogens is 317 g/mol. The first-order chi connectivity index (χ1) is 11.1. The fourth-order valence-electron chi connectivity index (χ4n) is 2.43. The van der Waals surface area contributed by atoms with Crippen LogP contribution < -0.4 is 15.2 Å². The van der Waals surface area contributed by atoms with Crippen molar-refractivity contribution in [1.29, 1.82) is 0 Å². The Bertz CT molecular complexity index is 692. The van der Waals surface area contributed by atoms with E-state index in [-0.39, 0.29) is 11.2 Å². The summed E-state index contributed by atoms with van der Waals surface area (Å²) in [6, 6.07) is 13.3. The summed E-state index contributed by atoms with van der Waals surface area (Å²) in [5.74, 6) is -0.0598. The Morgan fingerprint density at radius 2 is 2.09 bits per heavy atom. The van der Waals surface area contributed by atoms with Crippen molar-refractivity contribution in [2.45, 2.75) is 18.0 Å². The summed E-state index contributed by atoms with van der Waals surface area (Å²) in [5, 5.41) is 12.7. The molecule has 1 saturated heterocycles. The Hall–Kier alpha value is -2.05. The van der Waals surface area contributed by atoms with Gasteiger partial charge in [-0.1, -0.05) is 23.9 Å². The quantitative estimate of drug-likeness (QED) is 0.880. The number of carboxylic acid groups (broad SMARTS) is 1. The van der Waals surface area contributed by atoms with Gasteiger partial charge in [0.05, 0.1) is 5.75 Å². The molecule has 3 rings (SSSR count). The molecule has 4 nitrogen and oxygen atoms in total. The van der Waals surface area contributed by atoms with Crippen molar-refractivity contribution in [3.05, 3.63) is 65.5 Å². The van der Waals surface area contributed by atoms with Gasteiger partial charge in [0.25, 0.3) is 0 Å². The highest BCUT2D eigenvalue weighted by Crippen LogP contribution is 2.28. The molecule has 0 spiro atoms. The maximum absolute atomic E-state index is 13.1. The van der Waals surface area contributed by atoms with E-state index in [1.54, 1.807) is 17.8 Å². The molecule has 2 aromatic carbocycles. The Balaban J connectivity index is 1.58. The number of rotatable bonds is 5. The first-order valence-electron chi connectivity index (χ1n) is 7.26. The Kier molecular flexibility index (Phi) is 4.83. The smallest absolute Gasteiger partial charge is 0.159 e. The zero-order valence-corrected chi connectivity index (χ0v) is 13.1. The van der Waals surface area contributed by atoms with Crippen LogP contribution in [0.15, 0.2) is 48.5 Å². The van der Waals surface area contributed by atoms with Crippen LogP contribution in [0.4, 0.5) is 4.39 Å². The van der Waals surface area contributed by atoms with Crippen molar-refractivity contribution < 1.29 is 24.3 Å². The maximum atomic E-state index is 13.1. The molecule has 6 heteroatoms. The third-order valence-electron chi connectivity index (χ3n) is 3.67. The first kappa shape index (κ1) is 15.8. The van der Waals surface area contributed by atoms with Crippen LogP contribution in [-0.4, -0.2) is 17.8 Å². The predicted octanol–water partition coefficient (Wildman–Crippen LogP) is 0.832. The summed E-state index contributed by atoms with van der Waals surface area (Å²) in [4.78, 5) is 10.9. The summed E-state index contributed by atoms with van der Waals surface area (Å²) >= 11 is 1.59. The van der Waals surface area contributed by atoms with Crippen molar-refractivity contribution in [3.8, 4) is 5.75 Å². The number of quaternary nitrogens is 1. The van der Waals surface area contributed by atoms with Gasteiger partial charge in [0.2, 0.25) is 0 Å². The van der Waals surface area contributed by atoms with E-state index in [1.165, 1.54) is 12.1 Å². The topological polar surface area (TPSA) is 66.0 Å². The predicted molar refractivity (Wildman–Crippen MR) is 83.1 cm³/mol. The van der Waals surface area contributed by atoms with E-state index in [2.05, 4.69) is 0 Å². The number of carbonyl (C=O) groups excluding carboxylic acids is 1. The van der Waals surface area contributed by atoms with E-state index >= 15 is 0 Å². The van der Waals surface area contributed by atoms with E-state index in [0.717, 1.165) is 11.1 Å². The SMILES string of the molecule is O=C([O-])[C@H]1CS[C@H](c2ccc(OCc3cccc(F)c3)cc2)[NH2+]1. The van der Waals surface area contributed by atoms with Crippen LogP contribution in [0.2, 0.25) is 0 Å². The van der Waals surface area contributed by atoms with Crippen LogP contribution in [0.5, 0.6) is 5.75 Å². The van der Waals surface area contributed by atoms with Gasteiger partial charge in [-0.05, 0) is 42.0 Å². The standard InChI is InChI=1S/C17H16FNO3S/c18-13-3-1-2-11(8-13)9-22-14-6-4-12(5-7-14)16-19-15(10-23-16)17(20)21/h1-8,15-16,19H,9-10H2,(H,20,21)/t15-,16-/m1/s1. The van der Waals surface area contributed by atoms with Gasteiger partial charge in [-0.15, -0.1) is 0 Å². The van der Waals surface area contributed by atoms with Crippen molar-refractivity contribution in [2.75, 3.05) is 5.75 Å². The lowest BCUT2D eigenvalue weighted by Gasteiger charge is -2.12. The summed E-state index contributed by atoms with van der Waals surface area (Å²) in [5.41, 5.74) is 1.81. The van der Waals surface area contributed by atoms with E-state index < -0.39 is 12.0 Å². The number of halogens is 1. The normalized spacial score (nSPS) is 20.4. The molecule has 1 heterocycles. The number of hydrogen-bond acceptors (Lipinski definition) is 4. The molecule has 0 amide bonds. The Morgan fingerprint density at radius 3 is 2.74 bits per heavy atom. The lowest BCUT2D eigenvalue weighted by atomic mass is 10.2. The molecule has 0 radical (unpaired) electrons. The minimum atomic E-state index is -1.02. The number of carboxylic acids is 1. The lowest BCUT2D eigenvalue weighted by molar-refractivity contribution is -0.690. The molecular formula is C17H16FNO3S. The molecule has 2 aromatic rings. The zero-order chi connectivity index (χ0) is 16.2. The van der Waals surface area contributed by atoms with E-state index in [0.29, 0.717) is 18.1 Å². The molecule has 2 atom stereocenters. The van der Waals surface area contributed by atoms with Gasteiger partial charge in [-0.2, -0.15) is 0 Å². The van der Waals surface area contributed by atoms with Gasteiger partial charge >= 0.3 is 0 Å².